The van der Waals surface area contributed by atoms with E-state index >= 15 is 0 Å². The van der Waals surface area contributed by atoms with Crippen molar-refractivity contribution in [3.05, 3.63) is 35.9 Å². The van der Waals surface area contributed by atoms with Crippen molar-refractivity contribution in [3.63, 3.8) is 0 Å². The number of aliphatic imine (C=N–C) groups is 1. The summed E-state index contributed by atoms with van der Waals surface area (Å²) in [7, 11) is 0. The van der Waals surface area contributed by atoms with Crippen LogP contribution < -0.4 is 22.1 Å². The monoisotopic (exact) mass is 530 g/mol. The van der Waals surface area contributed by atoms with Crippen LogP contribution in [0.3, 0.4) is 0 Å². The quantitative estimate of drug-likeness (QED) is 0.0814. The average molecular weight is 531 g/mol. The van der Waals surface area contributed by atoms with Gasteiger partial charge in [0.2, 0.25) is 5.91 Å². The van der Waals surface area contributed by atoms with E-state index in [4.69, 9.17) is 16.2 Å². The first-order chi connectivity index (χ1) is 18.3. The van der Waals surface area contributed by atoms with Gasteiger partial charge in [0.05, 0.1) is 18.7 Å². The number of carbonyl (C=O) groups excluding carboxylic acids is 4. The second-order valence-corrected chi connectivity index (χ2v) is 9.44. The van der Waals surface area contributed by atoms with E-state index in [9.17, 15) is 19.2 Å². The van der Waals surface area contributed by atoms with Gasteiger partial charge < -0.3 is 31.6 Å². The number of ether oxygens (including phenoxy) is 1. The van der Waals surface area contributed by atoms with Crippen molar-refractivity contribution < 1.29 is 23.9 Å². The molecule has 1 aliphatic heterocycles. The minimum atomic E-state index is -1.52. The van der Waals surface area contributed by atoms with Crippen molar-refractivity contribution in [2.75, 3.05) is 26.2 Å². The molecule has 0 aromatic heterocycles. The molecular formula is C27H42N6O5. The summed E-state index contributed by atoms with van der Waals surface area (Å²) < 4.78 is 5.07. The predicted octanol–water partition coefficient (Wildman–Crippen LogP) is 1.28. The molecule has 0 unspecified atom stereocenters. The van der Waals surface area contributed by atoms with Gasteiger partial charge >= 0.3 is 6.09 Å². The Balaban J connectivity index is 2.38. The average Bonchev–Trinajstić information content (AvgIpc) is 3.33. The minimum Gasteiger partial charge on any atom is -0.450 e. The molecule has 1 aliphatic rings. The highest BCUT2D eigenvalue weighted by atomic mass is 16.5. The van der Waals surface area contributed by atoms with Crippen LogP contribution >= 0.6 is 0 Å². The van der Waals surface area contributed by atoms with Crippen LogP contribution in [-0.2, 0) is 25.5 Å². The fourth-order valence-electron chi connectivity index (χ4n) is 4.82. The van der Waals surface area contributed by atoms with Gasteiger partial charge in [-0.3, -0.25) is 19.5 Å². The lowest BCUT2D eigenvalue weighted by Gasteiger charge is -2.38. The molecule has 0 bridgehead atoms. The highest BCUT2D eigenvalue weighted by molar-refractivity contribution is 6.14. The molecule has 6 N–H and O–H groups in total. The van der Waals surface area contributed by atoms with E-state index in [2.05, 4.69) is 15.6 Å². The summed E-state index contributed by atoms with van der Waals surface area (Å²) in [6.45, 7) is 5.29. The molecule has 0 spiro atoms. The van der Waals surface area contributed by atoms with Gasteiger partial charge in [0.15, 0.2) is 17.3 Å². The van der Waals surface area contributed by atoms with Crippen LogP contribution in [0.2, 0.25) is 0 Å². The predicted molar refractivity (Wildman–Crippen MR) is 145 cm³/mol. The van der Waals surface area contributed by atoms with Crippen molar-refractivity contribution in [1.29, 1.82) is 0 Å². The van der Waals surface area contributed by atoms with E-state index in [0.29, 0.717) is 45.2 Å². The van der Waals surface area contributed by atoms with Crippen LogP contribution in [0.1, 0.15) is 57.9 Å². The molecule has 0 aliphatic carbocycles. The smallest absolute Gasteiger partial charge is 0.407 e. The summed E-state index contributed by atoms with van der Waals surface area (Å²) in [6.07, 6.45) is 3.54. The number of ketones is 1. The van der Waals surface area contributed by atoms with E-state index in [1.165, 1.54) is 0 Å². The molecule has 11 heteroatoms. The Kier molecular flexibility index (Phi) is 12.7. The third kappa shape index (κ3) is 8.54. The zero-order valence-electron chi connectivity index (χ0n) is 22.5. The number of rotatable bonds is 16. The molecule has 1 saturated heterocycles. The number of hydrogen-bond acceptors (Lipinski definition) is 7. The summed E-state index contributed by atoms with van der Waals surface area (Å²) in [5.41, 5.74) is 10.0. The normalized spacial score (nSPS) is 18.7. The molecule has 11 nitrogen and oxygen atoms in total. The molecule has 0 saturated carbocycles. The second-order valence-electron chi connectivity index (χ2n) is 9.44. The minimum absolute atomic E-state index is 0.0442. The number of unbranched alkanes of at least 4 members (excludes halogenated alkanes) is 1. The van der Waals surface area contributed by atoms with Crippen LogP contribution in [0.25, 0.3) is 0 Å². The SMILES string of the molecule is CCCCN1CCC[C@]1(C(=O)N[C@H](C=O)CCCN=C(N)N)C(=O)[C@H](Cc1ccccc1)NC(=O)OCC. The topological polar surface area (TPSA) is 169 Å². The molecule has 1 fully saturated rings. The van der Waals surface area contributed by atoms with Gasteiger partial charge in [0, 0.05) is 6.54 Å². The van der Waals surface area contributed by atoms with Gasteiger partial charge in [0.25, 0.3) is 0 Å². The summed E-state index contributed by atoms with van der Waals surface area (Å²) >= 11 is 0. The van der Waals surface area contributed by atoms with E-state index in [-0.39, 0.29) is 25.4 Å². The highest BCUT2D eigenvalue weighted by Crippen LogP contribution is 2.33. The van der Waals surface area contributed by atoms with Crippen LogP contribution in [0.5, 0.6) is 0 Å². The second kappa shape index (κ2) is 15.7. The van der Waals surface area contributed by atoms with Gasteiger partial charge in [-0.25, -0.2) is 4.79 Å². The Labute approximate surface area is 224 Å². The van der Waals surface area contributed by atoms with Crippen molar-refractivity contribution in [3.8, 4) is 0 Å². The lowest BCUT2D eigenvalue weighted by molar-refractivity contribution is -0.145. The first kappa shape index (κ1) is 30.8. The molecule has 1 aromatic carbocycles. The lowest BCUT2D eigenvalue weighted by Crippen LogP contribution is -2.66. The van der Waals surface area contributed by atoms with Crippen LogP contribution in [0.15, 0.2) is 35.3 Å². The number of nitrogens with one attached hydrogen (secondary N) is 2. The number of nitrogens with two attached hydrogens (primary N) is 2. The Hall–Kier alpha value is -3.47. The van der Waals surface area contributed by atoms with Gasteiger partial charge in [-0.2, -0.15) is 0 Å². The summed E-state index contributed by atoms with van der Waals surface area (Å²) in [5, 5.41) is 5.49. The third-order valence-electron chi connectivity index (χ3n) is 6.69. The Morgan fingerprint density at radius 2 is 1.89 bits per heavy atom. The Morgan fingerprint density at radius 3 is 2.53 bits per heavy atom. The first-order valence-electron chi connectivity index (χ1n) is 13.4. The molecule has 210 valence electrons. The fraction of sp³-hybridized carbons (Fsp3) is 0.593. The number of aldehydes is 1. The van der Waals surface area contributed by atoms with Crippen LogP contribution in [0.4, 0.5) is 4.79 Å². The molecule has 2 rings (SSSR count). The Morgan fingerprint density at radius 1 is 1.16 bits per heavy atom. The van der Waals surface area contributed by atoms with Gasteiger partial charge in [0.1, 0.15) is 6.29 Å². The zero-order chi connectivity index (χ0) is 28.0. The van der Waals surface area contributed by atoms with Gasteiger partial charge in [-0.15, -0.1) is 0 Å². The number of nitrogens with zero attached hydrogens (tertiary/aromatic N) is 2. The standard InChI is InChI=1S/C27H42N6O5/c1-3-5-16-33-17-10-14-27(33,24(36)31-21(19-34)13-9-15-30-25(28)29)23(35)22(32-26(37)38-4-2)18-20-11-7-6-8-12-20/h6-8,11-12,19,21-22H,3-5,9-10,13-18H2,1-2H3,(H,31,36)(H,32,37)(H4,28,29,30)/t21-,22-,27+/m0/s1. The molecule has 0 radical (unpaired) electrons. The molecule has 1 heterocycles. The molecule has 38 heavy (non-hydrogen) atoms. The largest absolute Gasteiger partial charge is 0.450 e. The van der Waals surface area contributed by atoms with Gasteiger partial charge in [-0.05, 0) is 64.1 Å². The van der Waals surface area contributed by atoms with Crippen LogP contribution in [-0.4, -0.2) is 78.8 Å². The third-order valence-corrected chi connectivity index (χ3v) is 6.69. The molecule has 1 aromatic rings. The van der Waals surface area contributed by atoms with E-state index in [1.54, 1.807) is 6.92 Å². The lowest BCUT2D eigenvalue weighted by atomic mass is 9.83. The maximum atomic E-state index is 14.3. The van der Waals surface area contributed by atoms with E-state index in [1.807, 2.05) is 42.2 Å². The number of likely N-dealkylation sites (tertiary alicyclic amines) is 1. The number of hydrogen-bond donors (Lipinski definition) is 4. The highest BCUT2D eigenvalue weighted by Gasteiger charge is 2.55. The number of guanidine groups is 1. The maximum Gasteiger partial charge on any atom is 0.407 e. The summed E-state index contributed by atoms with van der Waals surface area (Å²) in [4.78, 5) is 58.3. The maximum absolute atomic E-state index is 14.3. The number of benzene rings is 1. The van der Waals surface area contributed by atoms with Crippen molar-refractivity contribution in [2.45, 2.75) is 76.4 Å². The molecular weight excluding hydrogens is 488 g/mol. The molecule has 2 amide bonds. The van der Waals surface area contributed by atoms with E-state index in [0.717, 1.165) is 18.4 Å². The van der Waals surface area contributed by atoms with Crippen molar-refractivity contribution in [1.82, 2.24) is 15.5 Å². The van der Waals surface area contributed by atoms with Crippen molar-refractivity contribution in [2.24, 2.45) is 16.5 Å². The summed E-state index contributed by atoms with van der Waals surface area (Å²) in [6, 6.07) is 7.49. The number of alkyl carbamates (subject to hydrolysis) is 1. The first-order valence-corrected chi connectivity index (χ1v) is 13.4. The van der Waals surface area contributed by atoms with Crippen LogP contribution in [0, 0.1) is 0 Å². The number of amides is 2. The zero-order valence-corrected chi connectivity index (χ0v) is 22.5. The molecule has 3 atom stereocenters. The fourth-order valence-corrected chi connectivity index (χ4v) is 4.82. The van der Waals surface area contributed by atoms with Crippen molar-refractivity contribution >= 4 is 30.0 Å². The summed E-state index contributed by atoms with van der Waals surface area (Å²) in [5.74, 6) is -0.984. The Bertz CT molecular complexity index is 953. The van der Waals surface area contributed by atoms with Gasteiger partial charge in [-0.1, -0.05) is 43.7 Å². The number of Topliss-reactive ketones (excluding diaryl/α,β-unsaturated/α-hetero) is 1. The van der Waals surface area contributed by atoms with E-state index < -0.39 is 35.4 Å². The number of carbonyl (C=O) groups is 4.